The van der Waals surface area contributed by atoms with Crippen LogP contribution in [0.25, 0.3) is 0 Å². The van der Waals surface area contributed by atoms with Crippen LogP contribution in [0.3, 0.4) is 0 Å². The van der Waals surface area contributed by atoms with Gasteiger partial charge in [0.2, 0.25) is 5.91 Å². The van der Waals surface area contributed by atoms with Gasteiger partial charge in [0.1, 0.15) is 24.7 Å². The number of fused-ring (bicyclic) bond motifs is 1. The van der Waals surface area contributed by atoms with Gasteiger partial charge in [-0.3, -0.25) is 14.5 Å². The molecule has 38 heavy (non-hydrogen) atoms. The third-order valence-electron chi connectivity index (χ3n) is 7.44. The highest BCUT2D eigenvalue weighted by atomic mass is 16.5. The maximum absolute atomic E-state index is 13.0. The van der Waals surface area contributed by atoms with Gasteiger partial charge < -0.3 is 30.5 Å². The van der Waals surface area contributed by atoms with E-state index in [4.69, 9.17) is 16.3 Å². The summed E-state index contributed by atoms with van der Waals surface area (Å²) >= 11 is 0. The zero-order valence-corrected chi connectivity index (χ0v) is 22.2. The number of nitrogen functional groups attached to an aromatic ring is 1. The van der Waals surface area contributed by atoms with Gasteiger partial charge in [0.05, 0.1) is 11.4 Å². The second-order valence-electron chi connectivity index (χ2n) is 10.1. The first-order valence-corrected chi connectivity index (χ1v) is 13.1. The van der Waals surface area contributed by atoms with E-state index in [2.05, 4.69) is 16.3 Å². The lowest BCUT2D eigenvalue weighted by molar-refractivity contribution is -0.125. The van der Waals surface area contributed by atoms with Crippen LogP contribution in [0.2, 0.25) is 0 Å². The number of likely N-dealkylation sites (tertiary alicyclic amines) is 1. The molecule has 1 saturated heterocycles. The van der Waals surface area contributed by atoms with Crippen molar-refractivity contribution in [1.29, 1.82) is 0 Å². The maximum atomic E-state index is 13.0. The highest BCUT2D eigenvalue weighted by Gasteiger charge is 2.36. The van der Waals surface area contributed by atoms with Crippen LogP contribution in [-0.4, -0.2) is 67.2 Å². The molecule has 10 heteroatoms. The first-order valence-electron chi connectivity index (χ1n) is 13.1. The van der Waals surface area contributed by atoms with Crippen molar-refractivity contribution < 1.29 is 19.1 Å². The van der Waals surface area contributed by atoms with Crippen LogP contribution in [0, 0.1) is 0 Å². The molecular formula is C28H38N6O4. The van der Waals surface area contributed by atoms with E-state index in [-0.39, 0.29) is 24.3 Å². The normalized spacial score (nSPS) is 18.1. The van der Waals surface area contributed by atoms with E-state index in [1.165, 1.54) is 12.1 Å². The van der Waals surface area contributed by atoms with Gasteiger partial charge >= 0.3 is 0 Å². The molecule has 10 nitrogen and oxygen atoms in total. The van der Waals surface area contributed by atoms with Gasteiger partial charge in [-0.15, -0.1) is 0 Å². The molecule has 2 unspecified atom stereocenters. The predicted octanol–water partition coefficient (Wildman–Crippen LogP) is 2.06. The number of nitrogens with two attached hydrogens (primary N) is 2. The average molecular weight is 523 g/mol. The average Bonchev–Trinajstić information content (AvgIpc) is 3.23. The number of carbonyl (C=O) groups is 3. The second-order valence-corrected chi connectivity index (χ2v) is 10.1. The molecule has 2 aliphatic rings. The highest BCUT2D eigenvalue weighted by Crippen LogP contribution is 2.30. The van der Waals surface area contributed by atoms with Crippen molar-refractivity contribution in [3.05, 3.63) is 53.1 Å². The smallest absolute Gasteiger partial charge is 0.255 e. The molecule has 2 aliphatic heterocycles. The minimum absolute atomic E-state index is 0.198. The molecule has 2 heterocycles. The van der Waals surface area contributed by atoms with Crippen molar-refractivity contribution in [1.82, 2.24) is 15.1 Å². The zero-order chi connectivity index (χ0) is 27.2. The summed E-state index contributed by atoms with van der Waals surface area (Å²) in [7, 11) is 3.30. The van der Waals surface area contributed by atoms with E-state index in [0.29, 0.717) is 36.6 Å². The Morgan fingerprint density at radius 2 is 2.08 bits per heavy atom. The van der Waals surface area contributed by atoms with Gasteiger partial charge in [-0.05, 0) is 67.3 Å². The summed E-state index contributed by atoms with van der Waals surface area (Å²) in [6.45, 7) is 2.62. The standard InChI is InChI=1S/C28H38N6O4/c1-31-27(36)26(7-5-13-35)34-17-20-15-22(9-10-23(20)28(34)37)38-18-21-6-3-4-12-33(21)16-19-8-11-25(32(2)30)24(29)14-19/h8-11,13-15,21,26H,3-7,12,16-18,29-30H2,1-2H3,(H,31,36). The van der Waals surface area contributed by atoms with E-state index in [1.807, 2.05) is 24.3 Å². The lowest BCUT2D eigenvalue weighted by Gasteiger charge is -2.35. The van der Waals surface area contributed by atoms with Crippen molar-refractivity contribution in [3.63, 3.8) is 0 Å². The van der Waals surface area contributed by atoms with Crippen LogP contribution < -0.4 is 26.6 Å². The molecule has 0 radical (unpaired) electrons. The molecule has 0 bridgehead atoms. The fourth-order valence-corrected chi connectivity index (χ4v) is 5.39. The Labute approximate surface area is 223 Å². The molecule has 0 aliphatic carbocycles. The Hall–Kier alpha value is -3.63. The van der Waals surface area contributed by atoms with Gasteiger partial charge in [0.25, 0.3) is 5.91 Å². The quantitative estimate of drug-likeness (QED) is 0.177. The molecular weight excluding hydrogens is 484 g/mol. The van der Waals surface area contributed by atoms with E-state index < -0.39 is 6.04 Å². The Morgan fingerprint density at radius 1 is 1.26 bits per heavy atom. The molecule has 2 amide bonds. The van der Waals surface area contributed by atoms with Crippen LogP contribution >= 0.6 is 0 Å². The molecule has 2 aromatic carbocycles. The number of ether oxygens (including phenoxy) is 1. The summed E-state index contributed by atoms with van der Waals surface area (Å²) in [5, 5.41) is 4.12. The van der Waals surface area contributed by atoms with Crippen molar-refractivity contribution in [3.8, 4) is 5.75 Å². The fourth-order valence-electron chi connectivity index (χ4n) is 5.39. The number of hydrogen-bond acceptors (Lipinski definition) is 8. The number of hydrogen-bond donors (Lipinski definition) is 3. The number of likely N-dealkylation sites (N-methyl/N-ethyl adjacent to an activating group) is 1. The van der Waals surface area contributed by atoms with Crippen LogP contribution in [0.15, 0.2) is 36.4 Å². The van der Waals surface area contributed by atoms with E-state index in [0.717, 1.165) is 55.5 Å². The minimum atomic E-state index is -0.682. The Morgan fingerprint density at radius 3 is 2.79 bits per heavy atom. The molecule has 1 fully saturated rings. The van der Waals surface area contributed by atoms with E-state index >= 15 is 0 Å². The first-order chi connectivity index (χ1) is 18.3. The van der Waals surface area contributed by atoms with Gasteiger partial charge in [0.15, 0.2) is 0 Å². The Bertz CT molecular complexity index is 1170. The summed E-state index contributed by atoms with van der Waals surface area (Å²) in [5.74, 6) is 6.08. The molecule has 0 saturated carbocycles. The molecule has 4 rings (SSSR count). The highest BCUT2D eigenvalue weighted by molar-refractivity contribution is 6.01. The first kappa shape index (κ1) is 27.4. The van der Waals surface area contributed by atoms with Gasteiger partial charge in [-0.1, -0.05) is 12.5 Å². The van der Waals surface area contributed by atoms with E-state index in [9.17, 15) is 14.4 Å². The number of rotatable bonds is 11. The minimum Gasteiger partial charge on any atom is -0.492 e. The fraction of sp³-hybridized carbons (Fsp3) is 0.464. The molecule has 2 atom stereocenters. The molecule has 5 N–H and O–H groups in total. The van der Waals surface area contributed by atoms with Crippen molar-refractivity contribution in [2.75, 3.05) is 38.0 Å². The number of benzene rings is 2. The van der Waals surface area contributed by atoms with Gasteiger partial charge in [-0.25, -0.2) is 5.84 Å². The topological polar surface area (TPSA) is 134 Å². The number of amides is 2. The molecule has 2 aromatic rings. The monoisotopic (exact) mass is 522 g/mol. The van der Waals surface area contributed by atoms with E-state index in [1.54, 1.807) is 18.0 Å². The van der Waals surface area contributed by atoms with Crippen LogP contribution in [0.1, 0.15) is 53.6 Å². The maximum Gasteiger partial charge on any atom is 0.255 e. The summed E-state index contributed by atoms with van der Waals surface area (Å²) in [6.07, 6.45) is 4.61. The van der Waals surface area contributed by atoms with Crippen LogP contribution in [0.4, 0.5) is 11.4 Å². The zero-order valence-electron chi connectivity index (χ0n) is 22.2. The lowest BCUT2D eigenvalue weighted by Crippen LogP contribution is -2.46. The summed E-state index contributed by atoms with van der Waals surface area (Å²) in [5.41, 5.74) is 10.2. The SMILES string of the molecule is CNC(=O)C(CCC=O)N1Cc2cc(OCC3CCCCN3Cc3ccc(N(C)N)c(N)c3)ccc2C1=O. The number of nitrogens with zero attached hydrogens (tertiary/aromatic N) is 3. The van der Waals surface area contributed by atoms with Crippen molar-refractivity contribution in [2.24, 2.45) is 5.84 Å². The summed E-state index contributed by atoms with van der Waals surface area (Å²) in [4.78, 5) is 40.3. The van der Waals surface area contributed by atoms with Gasteiger partial charge in [-0.2, -0.15) is 0 Å². The molecule has 204 valence electrons. The lowest BCUT2D eigenvalue weighted by atomic mass is 10.0. The van der Waals surface area contributed by atoms with Crippen LogP contribution in [0.5, 0.6) is 5.75 Å². The number of anilines is 2. The molecule has 0 spiro atoms. The van der Waals surface area contributed by atoms with Gasteiger partial charge in [0, 0.05) is 45.2 Å². The van der Waals surface area contributed by atoms with Crippen molar-refractivity contribution in [2.45, 2.75) is 57.3 Å². The predicted molar refractivity (Wildman–Crippen MR) is 146 cm³/mol. The summed E-state index contributed by atoms with van der Waals surface area (Å²) in [6, 6.07) is 11.0. The number of nitrogens with one attached hydrogen (secondary N) is 1. The summed E-state index contributed by atoms with van der Waals surface area (Å²) < 4.78 is 6.23. The Balaban J connectivity index is 1.41. The third kappa shape index (κ3) is 6.08. The Kier molecular flexibility index (Phi) is 8.85. The molecule has 0 aromatic heterocycles. The number of carbonyl (C=O) groups excluding carboxylic acids is 3. The second kappa shape index (κ2) is 12.3. The number of piperidine rings is 1. The number of aldehydes is 1. The number of hydrazine groups is 1. The van der Waals surface area contributed by atoms with Crippen molar-refractivity contribution >= 4 is 29.5 Å². The largest absolute Gasteiger partial charge is 0.492 e. The van der Waals surface area contributed by atoms with Crippen LogP contribution in [-0.2, 0) is 22.7 Å². The third-order valence-corrected chi connectivity index (χ3v) is 7.44.